The van der Waals surface area contributed by atoms with E-state index in [1.807, 2.05) is 31.2 Å². The molecule has 2 aromatic heterocycles. The van der Waals surface area contributed by atoms with Gasteiger partial charge < -0.3 is 5.32 Å². The fourth-order valence-corrected chi connectivity index (χ4v) is 3.39. The first kappa shape index (κ1) is 17.5. The lowest BCUT2D eigenvalue weighted by atomic mass is 10.2. The van der Waals surface area contributed by atoms with Crippen molar-refractivity contribution in [2.45, 2.75) is 19.5 Å². The molecule has 10 heteroatoms. The van der Waals surface area contributed by atoms with E-state index in [1.165, 1.54) is 11.3 Å². The summed E-state index contributed by atoms with van der Waals surface area (Å²) in [4.78, 5) is 16.3. The molecule has 25 heavy (non-hydrogen) atoms. The van der Waals surface area contributed by atoms with E-state index in [0.717, 1.165) is 16.1 Å². The average Bonchev–Trinajstić information content (AvgIpc) is 3.17. The highest BCUT2D eigenvalue weighted by atomic mass is 32.1. The fraction of sp³-hybridized carbons (Fsp3) is 0.200. The van der Waals surface area contributed by atoms with Gasteiger partial charge in [-0.2, -0.15) is 13.2 Å². The van der Waals surface area contributed by atoms with Crippen LogP contribution in [0.3, 0.4) is 0 Å². The summed E-state index contributed by atoms with van der Waals surface area (Å²) in [7, 11) is 0. The number of nitrogens with zero attached hydrogens (tertiary/aromatic N) is 3. The number of anilines is 1. The lowest BCUT2D eigenvalue weighted by molar-refractivity contribution is -0.138. The van der Waals surface area contributed by atoms with E-state index in [-0.39, 0.29) is 22.9 Å². The van der Waals surface area contributed by atoms with E-state index in [1.54, 1.807) is 5.38 Å². The highest BCUT2D eigenvalue weighted by molar-refractivity contribution is 7.15. The van der Waals surface area contributed by atoms with Gasteiger partial charge in [0.25, 0.3) is 0 Å². The van der Waals surface area contributed by atoms with Gasteiger partial charge in [-0.25, -0.2) is 4.98 Å². The Hall–Kier alpha value is -2.33. The zero-order chi connectivity index (χ0) is 18.0. The number of benzene rings is 1. The zero-order valence-electron chi connectivity index (χ0n) is 12.8. The normalized spacial score (nSPS) is 11.5. The molecule has 0 aliphatic heterocycles. The third-order valence-electron chi connectivity index (χ3n) is 3.11. The fourth-order valence-electron chi connectivity index (χ4n) is 1.93. The molecule has 2 heterocycles. The maximum atomic E-state index is 12.5. The van der Waals surface area contributed by atoms with Crippen LogP contribution in [0.5, 0.6) is 0 Å². The van der Waals surface area contributed by atoms with Gasteiger partial charge in [-0.05, 0) is 6.92 Å². The molecule has 0 fully saturated rings. The van der Waals surface area contributed by atoms with Gasteiger partial charge in [-0.1, -0.05) is 41.2 Å². The quantitative estimate of drug-likeness (QED) is 0.733. The summed E-state index contributed by atoms with van der Waals surface area (Å²) in [5, 5.41) is 9.88. The molecule has 1 aromatic carbocycles. The number of hydrogen-bond acceptors (Lipinski definition) is 6. The second-order valence-corrected chi connectivity index (χ2v) is 6.98. The minimum absolute atomic E-state index is 0.0523. The monoisotopic (exact) mass is 384 g/mol. The molecule has 0 atom stereocenters. The molecule has 0 spiro atoms. The van der Waals surface area contributed by atoms with Crippen molar-refractivity contribution in [1.82, 2.24) is 15.2 Å². The van der Waals surface area contributed by atoms with E-state index in [9.17, 15) is 18.0 Å². The highest BCUT2D eigenvalue weighted by Gasteiger charge is 2.35. The van der Waals surface area contributed by atoms with Crippen molar-refractivity contribution in [3.63, 3.8) is 0 Å². The number of hydrogen-bond donors (Lipinski definition) is 1. The molecule has 0 radical (unpaired) electrons. The third-order valence-corrected chi connectivity index (χ3v) is 4.93. The standard InChI is InChI=1S/C15H11F3N4OS2/c1-8-2-4-9(5-3-8)12-19-10(7-24-12)6-11(23)20-14-22-21-13(25-14)15(16,17)18/h2-5,7H,6H2,1H3,(H,20,22,23). The van der Waals surface area contributed by atoms with E-state index in [0.29, 0.717) is 5.69 Å². The summed E-state index contributed by atoms with van der Waals surface area (Å²) in [5.41, 5.74) is 2.62. The van der Waals surface area contributed by atoms with Crippen LogP contribution in [0, 0.1) is 6.92 Å². The van der Waals surface area contributed by atoms with E-state index >= 15 is 0 Å². The van der Waals surface area contributed by atoms with Gasteiger partial charge in [0.15, 0.2) is 0 Å². The molecule has 3 aromatic rings. The number of carbonyl (C=O) groups excluding carboxylic acids is 1. The minimum Gasteiger partial charge on any atom is -0.300 e. The Morgan fingerprint density at radius 3 is 2.56 bits per heavy atom. The molecule has 0 aliphatic rings. The number of thiazole rings is 1. The summed E-state index contributed by atoms with van der Waals surface area (Å²) in [6.07, 6.45) is -4.62. The smallest absolute Gasteiger partial charge is 0.300 e. The summed E-state index contributed by atoms with van der Waals surface area (Å²) in [5.74, 6) is -0.495. The van der Waals surface area contributed by atoms with Crippen LogP contribution in [0.2, 0.25) is 0 Å². The molecule has 0 aliphatic carbocycles. The lowest BCUT2D eigenvalue weighted by Gasteiger charge is -1.99. The second-order valence-electron chi connectivity index (χ2n) is 5.15. The van der Waals surface area contributed by atoms with Crippen LogP contribution in [-0.4, -0.2) is 21.1 Å². The van der Waals surface area contributed by atoms with Crippen molar-refractivity contribution in [3.8, 4) is 10.6 Å². The van der Waals surface area contributed by atoms with Crippen LogP contribution >= 0.6 is 22.7 Å². The largest absolute Gasteiger partial charge is 0.445 e. The Kier molecular flexibility index (Phi) is 4.82. The molecule has 130 valence electrons. The van der Waals surface area contributed by atoms with Crippen LogP contribution in [0.1, 0.15) is 16.3 Å². The molecule has 0 bridgehead atoms. The number of halogens is 3. The van der Waals surface area contributed by atoms with Gasteiger partial charge in [0.1, 0.15) is 5.01 Å². The first-order valence-electron chi connectivity index (χ1n) is 7.03. The van der Waals surface area contributed by atoms with E-state index < -0.39 is 17.1 Å². The molecule has 5 nitrogen and oxygen atoms in total. The van der Waals surface area contributed by atoms with Crippen molar-refractivity contribution in [1.29, 1.82) is 0 Å². The zero-order valence-corrected chi connectivity index (χ0v) is 14.4. The number of amides is 1. The highest BCUT2D eigenvalue weighted by Crippen LogP contribution is 2.33. The van der Waals surface area contributed by atoms with Gasteiger partial charge >= 0.3 is 6.18 Å². The summed E-state index contributed by atoms with van der Waals surface area (Å²) >= 11 is 1.68. The van der Waals surface area contributed by atoms with Crippen molar-refractivity contribution < 1.29 is 18.0 Å². The number of alkyl halides is 3. The number of rotatable bonds is 4. The Labute approximate surface area is 148 Å². The molecular weight excluding hydrogens is 373 g/mol. The maximum absolute atomic E-state index is 12.5. The third kappa shape index (κ3) is 4.40. The van der Waals surface area contributed by atoms with Crippen LogP contribution in [0.25, 0.3) is 10.6 Å². The minimum atomic E-state index is -4.57. The van der Waals surface area contributed by atoms with Gasteiger partial charge in [0.2, 0.25) is 16.0 Å². The summed E-state index contributed by atoms with van der Waals surface area (Å²) in [6, 6.07) is 7.82. The van der Waals surface area contributed by atoms with Crippen molar-refractivity contribution in [2.24, 2.45) is 0 Å². The average molecular weight is 384 g/mol. The second kappa shape index (κ2) is 6.89. The van der Waals surface area contributed by atoms with Gasteiger partial charge in [-0.15, -0.1) is 21.5 Å². The molecule has 0 saturated heterocycles. The molecule has 1 amide bonds. The number of nitrogens with one attached hydrogen (secondary N) is 1. The summed E-state index contributed by atoms with van der Waals surface area (Å²) in [6.45, 7) is 1.99. The van der Waals surface area contributed by atoms with Gasteiger partial charge in [-0.3, -0.25) is 4.79 Å². The van der Waals surface area contributed by atoms with Crippen LogP contribution < -0.4 is 5.32 Å². The van der Waals surface area contributed by atoms with E-state index in [2.05, 4.69) is 20.5 Å². The summed E-state index contributed by atoms with van der Waals surface area (Å²) < 4.78 is 37.4. The van der Waals surface area contributed by atoms with E-state index in [4.69, 9.17) is 0 Å². The molecular formula is C15H11F3N4OS2. The van der Waals surface area contributed by atoms with Crippen LogP contribution in [0.15, 0.2) is 29.6 Å². The lowest BCUT2D eigenvalue weighted by Crippen LogP contribution is -2.14. The van der Waals surface area contributed by atoms with Gasteiger partial charge in [0.05, 0.1) is 12.1 Å². The Bertz CT molecular complexity index is 887. The number of aromatic nitrogens is 3. The number of carbonyl (C=O) groups is 1. The molecule has 3 rings (SSSR count). The maximum Gasteiger partial charge on any atom is 0.445 e. The Morgan fingerprint density at radius 2 is 1.92 bits per heavy atom. The van der Waals surface area contributed by atoms with Crippen LogP contribution in [-0.2, 0) is 17.4 Å². The molecule has 0 saturated carbocycles. The van der Waals surface area contributed by atoms with Crippen molar-refractivity contribution in [2.75, 3.05) is 5.32 Å². The predicted molar refractivity (Wildman–Crippen MR) is 89.5 cm³/mol. The molecule has 1 N–H and O–H groups in total. The Morgan fingerprint density at radius 1 is 1.20 bits per heavy atom. The molecule has 0 unspecified atom stereocenters. The van der Waals surface area contributed by atoms with Crippen molar-refractivity contribution in [3.05, 3.63) is 45.9 Å². The van der Waals surface area contributed by atoms with Crippen molar-refractivity contribution >= 4 is 33.7 Å². The first-order chi connectivity index (χ1) is 11.8. The Balaban J connectivity index is 1.64. The van der Waals surface area contributed by atoms with Gasteiger partial charge in [0, 0.05) is 10.9 Å². The predicted octanol–water partition coefficient (Wildman–Crippen LogP) is 4.17. The first-order valence-corrected chi connectivity index (χ1v) is 8.73. The van der Waals surface area contributed by atoms with Crippen LogP contribution in [0.4, 0.5) is 18.3 Å². The number of aryl methyl sites for hydroxylation is 1. The topological polar surface area (TPSA) is 67.8 Å². The SMILES string of the molecule is Cc1ccc(-c2nc(CC(=O)Nc3nnc(C(F)(F)F)s3)cs2)cc1.